The highest BCUT2D eigenvalue weighted by atomic mass is 16.1. The number of carbonyl (C=O) groups excluding carboxylic acids is 3. The number of ketones is 1. The van der Waals surface area contributed by atoms with Gasteiger partial charge in [-0.25, -0.2) is 0 Å². The third-order valence-electron chi connectivity index (χ3n) is 2.09. The van der Waals surface area contributed by atoms with Crippen molar-refractivity contribution in [2.75, 3.05) is 13.1 Å². The van der Waals surface area contributed by atoms with Crippen molar-refractivity contribution in [1.82, 2.24) is 4.90 Å². The molecule has 0 aromatic heterocycles. The summed E-state index contributed by atoms with van der Waals surface area (Å²) in [6, 6.07) is 0. The van der Waals surface area contributed by atoms with Gasteiger partial charge in [-0.15, -0.1) is 0 Å². The van der Waals surface area contributed by atoms with Crippen molar-refractivity contribution in [2.45, 2.75) is 12.8 Å². The predicted octanol–water partition coefficient (Wildman–Crippen LogP) is -0.377. The zero-order valence-electron chi connectivity index (χ0n) is 6.73. The van der Waals surface area contributed by atoms with Crippen LogP contribution in [0.2, 0.25) is 0 Å². The van der Waals surface area contributed by atoms with E-state index in [-0.39, 0.29) is 18.1 Å². The Hall–Kier alpha value is -1.19. The zero-order valence-corrected chi connectivity index (χ0v) is 6.73. The summed E-state index contributed by atoms with van der Waals surface area (Å²) < 4.78 is 0. The van der Waals surface area contributed by atoms with E-state index in [1.165, 1.54) is 4.90 Å². The second kappa shape index (κ2) is 3.99. The molecule has 4 heteroatoms. The SMILES string of the molecule is O=CCC1CN(C=O)CCC1=O. The van der Waals surface area contributed by atoms with Crippen LogP contribution in [0.3, 0.4) is 0 Å². The highest BCUT2D eigenvalue weighted by Crippen LogP contribution is 2.13. The van der Waals surface area contributed by atoms with Gasteiger partial charge < -0.3 is 9.69 Å². The van der Waals surface area contributed by atoms with Crippen LogP contribution in [0.5, 0.6) is 0 Å². The molecule has 66 valence electrons. The average molecular weight is 169 g/mol. The molecule has 1 rings (SSSR count). The third-order valence-corrected chi connectivity index (χ3v) is 2.09. The molecule has 0 aliphatic carbocycles. The number of piperidine rings is 1. The molecule has 0 bridgehead atoms. The second-order valence-corrected chi connectivity index (χ2v) is 2.92. The number of nitrogens with zero attached hydrogens (tertiary/aromatic N) is 1. The van der Waals surface area contributed by atoms with E-state index >= 15 is 0 Å². The van der Waals surface area contributed by atoms with Crippen molar-refractivity contribution in [3.8, 4) is 0 Å². The van der Waals surface area contributed by atoms with Gasteiger partial charge in [0.05, 0.1) is 0 Å². The third kappa shape index (κ3) is 1.90. The Morgan fingerprint density at radius 2 is 2.25 bits per heavy atom. The zero-order chi connectivity index (χ0) is 8.97. The minimum absolute atomic E-state index is 0.0974. The van der Waals surface area contributed by atoms with E-state index in [9.17, 15) is 14.4 Å². The lowest BCUT2D eigenvalue weighted by atomic mass is 9.94. The molecule has 1 saturated heterocycles. The second-order valence-electron chi connectivity index (χ2n) is 2.92. The number of hydrogen-bond donors (Lipinski definition) is 0. The van der Waals surface area contributed by atoms with Gasteiger partial charge in [-0.05, 0) is 0 Å². The van der Waals surface area contributed by atoms with Gasteiger partial charge in [-0.2, -0.15) is 0 Å². The van der Waals surface area contributed by atoms with Crippen molar-refractivity contribution in [2.24, 2.45) is 5.92 Å². The first kappa shape index (κ1) is 8.90. The number of carbonyl (C=O) groups is 3. The van der Waals surface area contributed by atoms with Crippen LogP contribution in [-0.4, -0.2) is 36.5 Å². The summed E-state index contributed by atoms with van der Waals surface area (Å²) in [5, 5.41) is 0. The molecular formula is C8H11NO3. The molecule has 0 radical (unpaired) electrons. The summed E-state index contributed by atoms with van der Waals surface area (Å²) in [4.78, 5) is 33.2. The van der Waals surface area contributed by atoms with Crippen molar-refractivity contribution < 1.29 is 14.4 Å². The fourth-order valence-corrected chi connectivity index (χ4v) is 1.35. The lowest BCUT2D eigenvalue weighted by Crippen LogP contribution is -2.40. The van der Waals surface area contributed by atoms with Gasteiger partial charge in [-0.3, -0.25) is 9.59 Å². The molecule has 0 aromatic rings. The molecule has 1 heterocycles. The Kier molecular flexibility index (Phi) is 2.96. The first-order chi connectivity index (χ1) is 5.77. The Balaban J connectivity index is 2.52. The molecule has 0 saturated carbocycles. The van der Waals surface area contributed by atoms with Crippen LogP contribution >= 0.6 is 0 Å². The molecule has 12 heavy (non-hydrogen) atoms. The molecule has 1 fully saturated rings. The highest BCUT2D eigenvalue weighted by molar-refractivity contribution is 5.84. The summed E-state index contributed by atoms with van der Waals surface area (Å²) >= 11 is 0. The smallest absolute Gasteiger partial charge is 0.209 e. The Morgan fingerprint density at radius 1 is 1.50 bits per heavy atom. The standard InChI is InChI=1S/C8H11NO3/c10-4-2-7-5-9(6-11)3-1-8(7)12/h4,6-7H,1-3,5H2. The number of Topliss-reactive ketones (excluding diaryl/α,β-unsaturated/α-hetero) is 1. The van der Waals surface area contributed by atoms with E-state index < -0.39 is 0 Å². The van der Waals surface area contributed by atoms with Crippen LogP contribution < -0.4 is 0 Å². The molecule has 0 N–H and O–H groups in total. The Labute approximate surface area is 70.5 Å². The van der Waals surface area contributed by atoms with Crippen LogP contribution in [0.25, 0.3) is 0 Å². The summed E-state index contributed by atoms with van der Waals surface area (Å²) in [5.74, 6) is -0.165. The van der Waals surface area contributed by atoms with Crippen molar-refractivity contribution in [3.63, 3.8) is 0 Å². The molecule has 0 aromatic carbocycles. The van der Waals surface area contributed by atoms with Crippen molar-refractivity contribution in [3.05, 3.63) is 0 Å². The van der Waals surface area contributed by atoms with Crippen LogP contribution in [0, 0.1) is 5.92 Å². The summed E-state index contributed by atoms with van der Waals surface area (Å²) in [5.41, 5.74) is 0. The fourth-order valence-electron chi connectivity index (χ4n) is 1.35. The maximum atomic E-state index is 11.1. The highest BCUT2D eigenvalue weighted by Gasteiger charge is 2.25. The van der Waals surface area contributed by atoms with Crippen LogP contribution in [0.15, 0.2) is 0 Å². The number of rotatable bonds is 3. The topological polar surface area (TPSA) is 54.5 Å². The first-order valence-corrected chi connectivity index (χ1v) is 3.93. The minimum atomic E-state index is -0.263. The van der Waals surface area contributed by atoms with Crippen molar-refractivity contribution in [1.29, 1.82) is 0 Å². The predicted molar refractivity (Wildman–Crippen MR) is 41.4 cm³/mol. The monoisotopic (exact) mass is 169 g/mol. The lowest BCUT2D eigenvalue weighted by molar-refractivity contribution is -0.131. The van der Waals surface area contributed by atoms with E-state index in [1.54, 1.807) is 0 Å². The largest absolute Gasteiger partial charge is 0.344 e. The maximum Gasteiger partial charge on any atom is 0.209 e. The van der Waals surface area contributed by atoms with Gasteiger partial charge >= 0.3 is 0 Å². The van der Waals surface area contributed by atoms with Gasteiger partial charge in [0.25, 0.3) is 0 Å². The Morgan fingerprint density at radius 3 is 2.83 bits per heavy atom. The summed E-state index contributed by atoms with van der Waals surface area (Å²) in [6.07, 6.45) is 2.08. The van der Waals surface area contributed by atoms with Crippen LogP contribution in [-0.2, 0) is 14.4 Å². The summed E-state index contributed by atoms with van der Waals surface area (Å²) in [6.45, 7) is 0.902. The number of amides is 1. The van der Waals surface area contributed by atoms with Gasteiger partial charge in [0.1, 0.15) is 12.1 Å². The molecule has 4 nitrogen and oxygen atoms in total. The van der Waals surface area contributed by atoms with E-state index in [0.29, 0.717) is 19.5 Å². The lowest BCUT2D eigenvalue weighted by Gasteiger charge is -2.27. The Bertz CT molecular complexity index is 202. The van der Waals surface area contributed by atoms with Gasteiger partial charge in [0.2, 0.25) is 6.41 Å². The molecule has 1 amide bonds. The molecule has 1 unspecified atom stereocenters. The van der Waals surface area contributed by atoms with Crippen LogP contribution in [0.1, 0.15) is 12.8 Å². The number of hydrogen-bond acceptors (Lipinski definition) is 3. The molecule has 1 atom stereocenters. The van der Waals surface area contributed by atoms with Gasteiger partial charge in [-0.1, -0.05) is 0 Å². The van der Waals surface area contributed by atoms with Gasteiger partial charge in [0, 0.05) is 31.8 Å². The van der Waals surface area contributed by atoms with Crippen LogP contribution in [0.4, 0.5) is 0 Å². The van der Waals surface area contributed by atoms with Crippen molar-refractivity contribution >= 4 is 18.5 Å². The normalized spacial score (nSPS) is 23.8. The van der Waals surface area contributed by atoms with E-state index in [2.05, 4.69) is 0 Å². The summed E-state index contributed by atoms with van der Waals surface area (Å²) in [7, 11) is 0. The molecule has 1 aliphatic rings. The quantitative estimate of drug-likeness (QED) is 0.541. The van der Waals surface area contributed by atoms with E-state index in [4.69, 9.17) is 0 Å². The number of likely N-dealkylation sites (tertiary alicyclic amines) is 1. The molecule has 1 aliphatic heterocycles. The number of aldehydes is 1. The fraction of sp³-hybridized carbons (Fsp3) is 0.625. The molecule has 0 spiro atoms. The average Bonchev–Trinajstić information content (AvgIpc) is 2.09. The van der Waals surface area contributed by atoms with Gasteiger partial charge in [0.15, 0.2) is 0 Å². The maximum absolute atomic E-state index is 11.1. The first-order valence-electron chi connectivity index (χ1n) is 3.93. The van der Waals surface area contributed by atoms with E-state index in [1.807, 2.05) is 0 Å². The molecular weight excluding hydrogens is 158 g/mol. The minimum Gasteiger partial charge on any atom is -0.344 e. The van der Waals surface area contributed by atoms with E-state index in [0.717, 1.165) is 12.7 Å².